The summed E-state index contributed by atoms with van der Waals surface area (Å²) in [6, 6.07) is 17.2. The number of nitrogens with zero attached hydrogens (tertiary/aromatic N) is 2. The highest BCUT2D eigenvalue weighted by molar-refractivity contribution is 5.91. The fourth-order valence-electron chi connectivity index (χ4n) is 3.75. The Kier molecular flexibility index (Phi) is 5.62. The molecule has 1 aliphatic rings. The van der Waals surface area contributed by atoms with E-state index in [0.29, 0.717) is 29.8 Å². The third-order valence-electron chi connectivity index (χ3n) is 5.44. The average Bonchev–Trinajstić information content (AvgIpc) is 3.18. The second-order valence-corrected chi connectivity index (χ2v) is 7.63. The van der Waals surface area contributed by atoms with Gasteiger partial charge in [0, 0.05) is 11.6 Å². The van der Waals surface area contributed by atoms with Crippen molar-refractivity contribution in [2.75, 3.05) is 25.0 Å². The van der Waals surface area contributed by atoms with Crippen molar-refractivity contribution in [2.24, 2.45) is 0 Å². The quantitative estimate of drug-likeness (QED) is 0.682. The van der Waals surface area contributed by atoms with E-state index in [9.17, 15) is 9.90 Å². The van der Waals surface area contributed by atoms with Gasteiger partial charge in [-0.25, -0.2) is 0 Å². The molecule has 2 heterocycles. The van der Waals surface area contributed by atoms with E-state index in [1.165, 1.54) is 11.1 Å². The Labute approximate surface area is 170 Å². The molecule has 0 radical (unpaired) electrons. The van der Waals surface area contributed by atoms with E-state index < -0.39 is 0 Å². The molecule has 2 aromatic carbocycles. The van der Waals surface area contributed by atoms with Gasteiger partial charge < -0.3 is 9.63 Å². The van der Waals surface area contributed by atoms with Crippen LogP contribution < -0.4 is 5.32 Å². The van der Waals surface area contributed by atoms with Crippen LogP contribution >= 0.6 is 0 Å². The Balaban J connectivity index is 1.27. The highest BCUT2D eigenvalue weighted by Crippen LogP contribution is 2.29. The fourth-order valence-corrected chi connectivity index (χ4v) is 3.75. The third kappa shape index (κ3) is 4.84. The van der Waals surface area contributed by atoms with Gasteiger partial charge in [-0.3, -0.25) is 15.0 Å². The topological polar surface area (TPSA) is 78.6 Å². The van der Waals surface area contributed by atoms with Gasteiger partial charge >= 0.3 is 0 Å². The summed E-state index contributed by atoms with van der Waals surface area (Å²) < 4.78 is 5.27. The van der Waals surface area contributed by atoms with Crippen molar-refractivity contribution in [2.45, 2.75) is 25.7 Å². The van der Waals surface area contributed by atoms with E-state index in [1.54, 1.807) is 18.2 Å². The molecular formula is C23H25N3O3. The minimum absolute atomic E-state index is 0.0975. The van der Waals surface area contributed by atoms with Crippen LogP contribution in [0.3, 0.4) is 0 Å². The van der Waals surface area contributed by atoms with E-state index in [4.69, 9.17) is 4.52 Å². The predicted octanol–water partition coefficient (Wildman–Crippen LogP) is 4.17. The normalized spacial score (nSPS) is 15.3. The maximum atomic E-state index is 12.4. The van der Waals surface area contributed by atoms with Crippen LogP contribution in [0.15, 0.2) is 59.1 Å². The van der Waals surface area contributed by atoms with Gasteiger partial charge in [-0.05, 0) is 56.5 Å². The van der Waals surface area contributed by atoms with Gasteiger partial charge in [-0.2, -0.15) is 0 Å². The number of phenols is 1. The molecule has 0 unspecified atom stereocenters. The molecule has 3 aromatic rings. The Morgan fingerprint density at radius 2 is 1.83 bits per heavy atom. The summed E-state index contributed by atoms with van der Waals surface area (Å²) in [4.78, 5) is 14.5. The van der Waals surface area contributed by atoms with E-state index in [1.807, 2.05) is 43.3 Å². The summed E-state index contributed by atoms with van der Waals surface area (Å²) in [5.41, 5.74) is 4.09. The molecule has 1 saturated heterocycles. The number of benzene rings is 2. The number of likely N-dealkylation sites (tertiary alicyclic amines) is 1. The monoisotopic (exact) mass is 391 g/mol. The molecule has 0 bridgehead atoms. The molecule has 1 amide bonds. The lowest BCUT2D eigenvalue weighted by molar-refractivity contribution is -0.117. The predicted molar refractivity (Wildman–Crippen MR) is 112 cm³/mol. The number of piperidine rings is 1. The number of anilines is 1. The maximum absolute atomic E-state index is 12.4. The number of aromatic hydroxyl groups is 1. The van der Waals surface area contributed by atoms with Crippen molar-refractivity contribution in [1.29, 1.82) is 0 Å². The lowest BCUT2D eigenvalue weighted by atomic mass is 9.89. The molecule has 2 N–H and O–H groups in total. The lowest BCUT2D eigenvalue weighted by Gasteiger charge is -2.31. The summed E-state index contributed by atoms with van der Waals surface area (Å²) in [7, 11) is 0. The Bertz CT molecular complexity index is 956. The maximum Gasteiger partial charge on any atom is 0.240 e. The molecule has 4 rings (SSSR count). The Morgan fingerprint density at radius 3 is 2.52 bits per heavy atom. The van der Waals surface area contributed by atoms with Crippen LogP contribution in [0.2, 0.25) is 0 Å². The van der Waals surface area contributed by atoms with Crippen molar-refractivity contribution in [1.82, 2.24) is 10.1 Å². The number of hydrogen-bond donors (Lipinski definition) is 2. The van der Waals surface area contributed by atoms with Gasteiger partial charge in [0.1, 0.15) is 11.4 Å². The number of nitrogens with one attached hydrogen (secondary N) is 1. The summed E-state index contributed by atoms with van der Waals surface area (Å²) in [5.74, 6) is 1.03. The van der Waals surface area contributed by atoms with Crippen LogP contribution in [-0.4, -0.2) is 40.7 Å². The Morgan fingerprint density at radius 1 is 1.14 bits per heavy atom. The zero-order valence-corrected chi connectivity index (χ0v) is 16.5. The smallest absolute Gasteiger partial charge is 0.240 e. The van der Waals surface area contributed by atoms with Gasteiger partial charge in [-0.1, -0.05) is 47.1 Å². The van der Waals surface area contributed by atoms with Crippen LogP contribution in [0.4, 0.5) is 5.88 Å². The molecule has 6 heteroatoms. The standard InChI is InChI=1S/C23H25N3O3/c1-16-2-4-19(5-3-16)21-14-23(29-25-21)24-22(28)15-26-12-10-18(11-13-26)17-6-8-20(27)9-7-17/h2-9,14,18,27H,10-13,15H2,1H3,(H,24,28). The number of aromatic nitrogens is 1. The molecule has 0 saturated carbocycles. The number of carbonyl (C=O) groups excluding carboxylic acids is 1. The number of phenolic OH excluding ortho intramolecular Hbond substituents is 1. The van der Waals surface area contributed by atoms with E-state index in [2.05, 4.69) is 15.4 Å². The number of amides is 1. The SMILES string of the molecule is Cc1ccc(-c2cc(NC(=O)CN3CCC(c4ccc(O)cc4)CC3)on2)cc1. The van der Waals surface area contributed by atoms with Gasteiger partial charge in [0.15, 0.2) is 0 Å². The largest absolute Gasteiger partial charge is 0.508 e. The summed E-state index contributed by atoms with van der Waals surface area (Å²) >= 11 is 0. The van der Waals surface area contributed by atoms with Crippen molar-refractivity contribution >= 4 is 11.8 Å². The van der Waals surface area contributed by atoms with E-state index in [-0.39, 0.29) is 5.91 Å². The molecule has 0 spiro atoms. The highest BCUT2D eigenvalue weighted by Gasteiger charge is 2.22. The van der Waals surface area contributed by atoms with Crippen LogP contribution in [0.1, 0.15) is 29.9 Å². The van der Waals surface area contributed by atoms with Crippen molar-refractivity contribution in [3.05, 3.63) is 65.7 Å². The number of rotatable bonds is 5. The average molecular weight is 391 g/mol. The first-order chi connectivity index (χ1) is 14.1. The van der Waals surface area contributed by atoms with Gasteiger partial charge in [0.05, 0.1) is 6.54 Å². The molecule has 1 aliphatic heterocycles. The lowest BCUT2D eigenvalue weighted by Crippen LogP contribution is -2.38. The zero-order chi connectivity index (χ0) is 20.2. The number of hydrogen-bond acceptors (Lipinski definition) is 5. The first kappa shape index (κ1) is 19.2. The van der Waals surface area contributed by atoms with Crippen molar-refractivity contribution in [3.63, 3.8) is 0 Å². The van der Waals surface area contributed by atoms with Crippen molar-refractivity contribution in [3.8, 4) is 17.0 Å². The third-order valence-corrected chi connectivity index (χ3v) is 5.44. The number of aryl methyl sites for hydroxylation is 1. The molecular weight excluding hydrogens is 366 g/mol. The highest BCUT2D eigenvalue weighted by atomic mass is 16.5. The van der Waals surface area contributed by atoms with E-state index in [0.717, 1.165) is 31.5 Å². The summed E-state index contributed by atoms with van der Waals surface area (Å²) in [6.07, 6.45) is 2.00. The second-order valence-electron chi connectivity index (χ2n) is 7.63. The second kappa shape index (κ2) is 8.49. The summed E-state index contributed by atoms with van der Waals surface area (Å²) in [5, 5.41) is 16.3. The van der Waals surface area contributed by atoms with Crippen LogP contribution in [0.5, 0.6) is 5.75 Å². The van der Waals surface area contributed by atoms with E-state index >= 15 is 0 Å². The molecule has 29 heavy (non-hydrogen) atoms. The van der Waals surface area contributed by atoms with Crippen LogP contribution in [0, 0.1) is 6.92 Å². The number of carbonyl (C=O) groups is 1. The molecule has 1 aromatic heterocycles. The molecule has 0 aliphatic carbocycles. The minimum Gasteiger partial charge on any atom is -0.508 e. The van der Waals surface area contributed by atoms with Gasteiger partial charge in [0.25, 0.3) is 0 Å². The van der Waals surface area contributed by atoms with Crippen LogP contribution in [0.25, 0.3) is 11.3 Å². The first-order valence-electron chi connectivity index (χ1n) is 9.92. The van der Waals surface area contributed by atoms with Gasteiger partial charge in [-0.15, -0.1) is 0 Å². The van der Waals surface area contributed by atoms with Crippen molar-refractivity contribution < 1.29 is 14.4 Å². The molecule has 1 fully saturated rings. The van der Waals surface area contributed by atoms with Gasteiger partial charge in [0.2, 0.25) is 11.8 Å². The zero-order valence-electron chi connectivity index (χ0n) is 16.5. The fraction of sp³-hybridized carbons (Fsp3) is 0.304. The minimum atomic E-state index is -0.0975. The Hall–Kier alpha value is -3.12. The molecule has 6 nitrogen and oxygen atoms in total. The van der Waals surface area contributed by atoms with Crippen LogP contribution in [-0.2, 0) is 4.79 Å². The molecule has 150 valence electrons. The molecule has 0 atom stereocenters. The summed E-state index contributed by atoms with van der Waals surface area (Å²) in [6.45, 7) is 4.10. The first-order valence-corrected chi connectivity index (χ1v) is 9.92.